The average molecular weight is 432 g/mol. The number of anilines is 1. The number of fused-ring (bicyclic) bond motifs is 1. The molecule has 1 aliphatic carbocycles. The van der Waals surface area contributed by atoms with Gasteiger partial charge >= 0.3 is 0 Å². The molecule has 1 fully saturated rings. The predicted octanol–water partition coefficient (Wildman–Crippen LogP) is 3.25. The van der Waals surface area contributed by atoms with E-state index in [-0.39, 0.29) is 35.8 Å². The summed E-state index contributed by atoms with van der Waals surface area (Å²) >= 11 is 0. The smallest absolute Gasteiger partial charge is 0.257 e. The lowest BCUT2D eigenvalue weighted by Gasteiger charge is -2.34. The largest absolute Gasteiger partial charge is 0.491 e. The Balaban J connectivity index is 1.86. The molecule has 0 spiro atoms. The average Bonchev–Trinajstić information content (AvgIpc) is 3.29. The van der Waals surface area contributed by atoms with Crippen LogP contribution in [0.4, 0.5) is 5.69 Å². The Morgan fingerprint density at radius 3 is 2.55 bits per heavy atom. The molecule has 0 aromatic heterocycles. The summed E-state index contributed by atoms with van der Waals surface area (Å²) in [4.78, 5) is 29.7. The highest BCUT2D eigenvalue weighted by atomic mass is 16.5. The summed E-state index contributed by atoms with van der Waals surface area (Å²) in [6, 6.07) is 5.49. The van der Waals surface area contributed by atoms with Crippen LogP contribution < -0.4 is 10.1 Å². The van der Waals surface area contributed by atoms with E-state index in [0.29, 0.717) is 30.2 Å². The fraction of sp³-hybridized carbons (Fsp3) is 0.667. The third-order valence-corrected chi connectivity index (χ3v) is 6.75. The van der Waals surface area contributed by atoms with Gasteiger partial charge in [0.25, 0.3) is 5.91 Å². The van der Waals surface area contributed by atoms with Crippen LogP contribution in [0.1, 0.15) is 49.9 Å². The molecular weight excluding hydrogens is 394 g/mol. The zero-order valence-corrected chi connectivity index (χ0v) is 19.5. The topological polar surface area (TPSA) is 71.1 Å². The van der Waals surface area contributed by atoms with Crippen molar-refractivity contribution < 1.29 is 19.1 Å². The summed E-state index contributed by atoms with van der Waals surface area (Å²) in [7, 11) is 5.57. The number of hydrogen-bond donors (Lipinski definition) is 1. The second-order valence-electron chi connectivity index (χ2n) is 9.22. The van der Waals surface area contributed by atoms with Crippen molar-refractivity contribution in [3.63, 3.8) is 0 Å². The number of likely N-dealkylation sites (N-methyl/N-ethyl adjacent to an activating group) is 2. The fourth-order valence-corrected chi connectivity index (χ4v) is 4.46. The van der Waals surface area contributed by atoms with E-state index in [1.807, 2.05) is 0 Å². The Hall–Kier alpha value is -2.12. The van der Waals surface area contributed by atoms with Gasteiger partial charge < -0.3 is 19.7 Å². The maximum atomic E-state index is 13.2. The van der Waals surface area contributed by atoms with Gasteiger partial charge in [-0.15, -0.1) is 0 Å². The number of carbonyl (C=O) groups excluding carboxylic acids is 2. The van der Waals surface area contributed by atoms with Crippen molar-refractivity contribution in [2.24, 2.45) is 11.8 Å². The van der Waals surface area contributed by atoms with Gasteiger partial charge in [-0.05, 0) is 44.9 Å². The van der Waals surface area contributed by atoms with Crippen LogP contribution in [0.25, 0.3) is 0 Å². The van der Waals surface area contributed by atoms with Crippen LogP contribution in [0.2, 0.25) is 0 Å². The van der Waals surface area contributed by atoms with Gasteiger partial charge in [-0.2, -0.15) is 0 Å². The molecule has 7 nitrogen and oxygen atoms in total. The standard InChI is InChI=1S/C24H37N3O4/c1-16-13-26(3)17(2)15-31-21-12-19(25-23(28)18-8-6-7-9-18)10-11-20(21)24(29)27(4)14-22(16)30-5/h10-12,16-18,22H,6-9,13-15H2,1-5H3,(H,25,28)/t16-,17+,22+/m1/s1. The SMILES string of the molecule is CO[C@H]1CN(C)C(=O)c2ccc(NC(=O)C3CCCC3)cc2OC[C@H](C)N(C)C[C@H]1C. The van der Waals surface area contributed by atoms with Crippen molar-refractivity contribution in [3.05, 3.63) is 23.8 Å². The molecular formula is C24H37N3O4. The number of ether oxygens (including phenoxy) is 2. The van der Waals surface area contributed by atoms with Crippen LogP contribution >= 0.6 is 0 Å². The first-order chi connectivity index (χ1) is 14.8. The lowest BCUT2D eigenvalue weighted by Crippen LogP contribution is -2.45. The molecule has 31 heavy (non-hydrogen) atoms. The van der Waals surface area contributed by atoms with Crippen LogP contribution in [0.3, 0.4) is 0 Å². The highest BCUT2D eigenvalue weighted by molar-refractivity contribution is 5.98. The Labute approximate surface area is 186 Å². The van der Waals surface area contributed by atoms with Gasteiger partial charge in [0.2, 0.25) is 5.91 Å². The Morgan fingerprint density at radius 1 is 1.16 bits per heavy atom. The number of rotatable bonds is 3. The minimum atomic E-state index is -0.112. The highest BCUT2D eigenvalue weighted by Gasteiger charge is 2.28. The van der Waals surface area contributed by atoms with E-state index in [9.17, 15) is 9.59 Å². The van der Waals surface area contributed by atoms with Crippen LogP contribution in [-0.4, -0.2) is 74.7 Å². The molecule has 3 atom stereocenters. The second kappa shape index (κ2) is 10.5. The molecule has 1 N–H and O–H groups in total. The van der Waals surface area contributed by atoms with Gasteiger partial charge in [0.15, 0.2) is 0 Å². The Bertz CT molecular complexity index is 778. The molecule has 2 aliphatic rings. The first-order valence-electron chi connectivity index (χ1n) is 11.4. The second-order valence-corrected chi connectivity index (χ2v) is 9.22. The molecule has 1 heterocycles. The first kappa shape index (κ1) is 23.5. The molecule has 2 amide bonds. The summed E-state index contributed by atoms with van der Waals surface area (Å²) < 4.78 is 11.8. The van der Waals surface area contributed by atoms with Crippen molar-refractivity contribution in [3.8, 4) is 5.75 Å². The zero-order valence-electron chi connectivity index (χ0n) is 19.5. The monoisotopic (exact) mass is 431 g/mol. The minimum Gasteiger partial charge on any atom is -0.491 e. The summed E-state index contributed by atoms with van der Waals surface area (Å²) in [6.07, 6.45) is 4.05. The molecule has 1 aliphatic heterocycles. The fourth-order valence-electron chi connectivity index (χ4n) is 4.46. The molecule has 0 radical (unpaired) electrons. The van der Waals surface area contributed by atoms with E-state index < -0.39 is 0 Å². The third-order valence-electron chi connectivity index (χ3n) is 6.75. The van der Waals surface area contributed by atoms with Crippen molar-refractivity contribution >= 4 is 17.5 Å². The summed E-state index contributed by atoms with van der Waals surface area (Å²) in [5, 5.41) is 3.01. The number of carbonyl (C=O) groups is 2. The van der Waals surface area contributed by atoms with Gasteiger partial charge in [-0.1, -0.05) is 19.8 Å². The maximum absolute atomic E-state index is 13.2. The van der Waals surface area contributed by atoms with E-state index in [0.717, 1.165) is 32.2 Å². The van der Waals surface area contributed by atoms with E-state index in [2.05, 4.69) is 31.1 Å². The van der Waals surface area contributed by atoms with Crippen molar-refractivity contribution in [2.75, 3.05) is 46.2 Å². The quantitative estimate of drug-likeness (QED) is 0.796. The molecule has 1 aromatic carbocycles. The molecule has 0 saturated heterocycles. The zero-order chi connectivity index (χ0) is 22.5. The van der Waals surface area contributed by atoms with E-state index in [4.69, 9.17) is 9.47 Å². The first-order valence-corrected chi connectivity index (χ1v) is 11.4. The summed E-state index contributed by atoms with van der Waals surface area (Å²) in [6.45, 7) is 6.05. The van der Waals surface area contributed by atoms with Crippen molar-refractivity contribution in [1.29, 1.82) is 0 Å². The molecule has 3 rings (SSSR count). The van der Waals surface area contributed by atoms with E-state index >= 15 is 0 Å². The normalized spacial score (nSPS) is 26.5. The number of nitrogens with zero attached hydrogens (tertiary/aromatic N) is 2. The summed E-state index contributed by atoms with van der Waals surface area (Å²) in [5.41, 5.74) is 1.17. The van der Waals surface area contributed by atoms with E-state index in [1.54, 1.807) is 37.3 Å². The Kier molecular flexibility index (Phi) is 7.94. The minimum absolute atomic E-state index is 0.0547. The lowest BCUT2D eigenvalue weighted by molar-refractivity contribution is -0.119. The predicted molar refractivity (Wildman–Crippen MR) is 122 cm³/mol. The van der Waals surface area contributed by atoms with Crippen LogP contribution in [0, 0.1) is 11.8 Å². The van der Waals surface area contributed by atoms with E-state index in [1.165, 1.54) is 0 Å². The maximum Gasteiger partial charge on any atom is 0.257 e. The van der Waals surface area contributed by atoms with Gasteiger partial charge in [0.05, 0.1) is 11.7 Å². The number of hydrogen-bond acceptors (Lipinski definition) is 5. The van der Waals surface area contributed by atoms with Crippen LogP contribution in [-0.2, 0) is 9.53 Å². The molecule has 172 valence electrons. The molecule has 1 aromatic rings. The Morgan fingerprint density at radius 2 is 1.87 bits per heavy atom. The molecule has 7 heteroatoms. The molecule has 0 unspecified atom stereocenters. The molecule has 1 saturated carbocycles. The van der Waals surface area contributed by atoms with Gasteiger partial charge in [0, 0.05) is 51.0 Å². The number of nitrogens with one attached hydrogen (secondary N) is 1. The number of amides is 2. The number of methoxy groups -OCH3 is 1. The van der Waals surface area contributed by atoms with Gasteiger partial charge in [-0.3, -0.25) is 14.5 Å². The van der Waals surface area contributed by atoms with Gasteiger partial charge in [-0.25, -0.2) is 0 Å². The van der Waals surface area contributed by atoms with Crippen LogP contribution in [0.15, 0.2) is 18.2 Å². The highest BCUT2D eigenvalue weighted by Crippen LogP contribution is 2.29. The van der Waals surface area contributed by atoms with Crippen LogP contribution in [0.5, 0.6) is 5.75 Å². The molecule has 0 bridgehead atoms. The number of benzene rings is 1. The lowest BCUT2D eigenvalue weighted by atomic mass is 10.0. The van der Waals surface area contributed by atoms with Crippen molar-refractivity contribution in [2.45, 2.75) is 51.7 Å². The van der Waals surface area contributed by atoms with Crippen molar-refractivity contribution in [1.82, 2.24) is 9.80 Å². The third kappa shape index (κ3) is 5.77. The summed E-state index contributed by atoms with van der Waals surface area (Å²) in [5.74, 6) is 0.790. The van der Waals surface area contributed by atoms with Gasteiger partial charge in [0.1, 0.15) is 12.4 Å².